The number of halogens is 1. The average Bonchev–Trinajstić information content (AvgIpc) is 2.92. The van der Waals surface area contributed by atoms with Crippen molar-refractivity contribution in [1.82, 2.24) is 20.2 Å². The van der Waals surface area contributed by atoms with Gasteiger partial charge in [0.15, 0.2) is 5.11 Å². The van der Waals surface area contributed by atoms with Crippen molar-refractivity contribution in [3.05, 3.63) is 65.4 Å². The highest BCUT2D eigenvalue weighted by Gasteiger charge is 2.18. The molecule has 148 valence electrons. The van der Waals surface area contributed by atoms with Gasteiger partial charge in [-0.3, -0.25) is 4.98 Å². The van der Waals surface area contributed by atoms with E-state index < -0.39 is 0 Å². The molecular weight excluding hydrogens is 371 g/mol. The number of H-pyrrole nitrogens is 1. The van der Waals surface area contributed by atoms with E-state index in [4.69, 9.17) is 12.2 Å². The largest absolute Gasteiger partial charge is 0.358 e. The number of fused-ring (bicyclic) bond motifs is 1. The molecule has 0 saturated carbocycles. The number of aryl methyl sites for hydroxylation is 1. The maximum absolute atomic E-state index is 13.8. The molecule has 3 rings (SSSR count). The molecule has 6 heteroatoms. The molecule has 0 aliphatic rings. The van der Waals surface area contributed by atoms with E-state index in [1.54, 1.807) is 24.5 Å². The van der Waals surface area contributed by atoms with Gasteiger partial charge in [0.05, 0.1) is 0 Å². The second-order valence-electron chi connectivity index (χ2n) is 8.13. The summed E-state index contributed by atoms with van der Waals surface area (Å²) >= 11 is 5.70. The summed E-state index contributed by atoms with van der Waals surface area (Å²) in [7, 11) is 0. The molecule has 0 saturated heterocycles. The number of aromatic nitrogens is 2. The first kappa shape index (κ1) is 20.3. The van der Waals surface area contributed by atoms with E-state index >= 15 is 0 Å². The van der Waals surface area contributed by atoms with E-state index in [1.807, 2.05) is 19.1 Å². The van der Waals surface area contributed by atoms with Crippen molar-refractivity contribution in [2.24, 2.45) is 0 Å². The minimum Gasteiger partial charge on any atom is -0.358 e. The third-order valence-electron chi connectivity index (χ3n) is 4.61. The summed E-state index contributed by atoms with van der Waals surface area (Å²) in [6, 6.07) is 8.88. The normalized spacial score (nSPS) is 11.6. The zero-order valence-electron chi connectivity index (χ0n) is 16.8. The van der Waals surface area contributed by atoms with E-state index in [1.165, 1.54) is 6.07 Å². The molecule has 2 heterocycles. The molecule has 0 unspecified atom stereocenters. The van der Waals surface area contributed by atoms with Crippen LogP contribution in [0.2, 0.25) is 0 Å². The molecule has 0 aliphatic carbocycles. The highest BCUT2D eigenvalue weighted by molar-refractivity contribution is 7.80. The van der Waals surface area contributed by atoms with Gasteiger partial charge < -0.3 is 15.2 Å². The lowest BCUT2D eigenvalue weighted by Crippen LogP contribution is -2.48. The maximum Gasteiger partial charge on any atom is 0.169 e. The van der Waals surface area contributed by atoms with Gasteiger partial charge in [-0.1, -0.05) is 0 Å². The first-order chi connectivity index (χ1) is 13.2. The van der Waals surface area contributed by atoms with Crippen LogP contribution in [0.3, 0.4) is 0 Å². The Hall–Kier alpha value is -2.47. The van der Waals surface area contributed by atoms with Gasteiger partial charge in [-0.05, 0) is 87.8 Å². The molecule has 4 nitrogen and oxygen atoms in total. The Morgan fingerprint density at radius 1 is 1.21 bits per heavy atom. The molecular formula is C22H27FN4S. The van der Waals surface area contributed by atoms with Crippen molar-refractivity contribution in [2.45, 2.75) is 46.2 Å². The second kappa shape index (κ2) is 8.27. The van der Waals surface area contributed by atoms with Crippen LogP contribution in [0.4, 0.5) is 4.39 Å². The van der Waals surface area contributed by atoms with Crippen molar-refractivity contribution in [3.63, 3.8) is 0 Å². The van der Waals surface area contributed by atoms with Gasteiger partial charge in [0, 0.05) is 47.6 Å². The van der Waals surface area contributed by atoms with Crippen molar-refractivity contribution in [1.29, 1.82) is 0 Å². The Labute approximate surface area is 171 Å². The third-order valence-corrected chi connectivity index (χ3v) is 4.97. The zero-order valence-corrected chi connectivity index (χ0v) is 17.7. The first-order valence-corrected chi connectivity index (χ1v) is 9.86. The fourth-order valence-corrected chi connectivity index (χ4v) is 3.75. The molecule has 0 aliphatic heterocycles. The van der Waals surface area contributed by atoms with Crippen molar-refractivity contribution >= 4 is 28.2 Å². The SMILES string of the molecule is Cc1[nH]c2ccc(F)cc2c1CCN(Cc1ccncc1)C(=S)NC(C)(C)C. The molecule has 2 N–H and O–H groups in total. The number of hydrogen-bond acceptors (Lipinski definition) is 2. The van der Waals surface area contributed by atoms with Gasteiger partial charge in [-0.15, -0.1) is 0 Å². The van der Waals surface area contributed by atoms with Crippen LogP contribution in [0.1, 0.15) is 37.6 Å². The smallest absolute Gasteiger partial charge is 0.169 e. The highest BCUT2D eigenvalue weighted by atomic mass is 32.1. The predicted octanol–water partition coefficient (Wildman–Crippen LogP) is 4.73. The summed E-state index contributed by atoms with van der Waals surface area (Å²) in [6.07, 6.45) is 4.35. The topological polar surface area (TPSA) is 44.0 Å². The summed E-state index contributed by atoms with van der Waals surface area (Å²) < 4.78 is 13.8. The fraction of sp³-hybridized carbons (Fsp3) is 0.364. The number of nitrogens with zero attached hydrogens (tertiary/aromatic N) is 2. The van der Waals surface area contributed by atoms with E-state index in [0.29, 0.717) is 11.7 Å². The monoisotopic (exact) mass is 398 g/mol. The Bertz CT molecular complexity index is 960. The van der Waals surface area contributed by atoms with Gasteiger partial charge >= 0.3 is 0 Å². The van der Waals surface area contributed by atoms with Crippen LogP contribution in [-0.2, 0) is 13.0 Å². The molecule has 0 amide bonds. The highest BCUT2D eigenvalue weighted by Crippen LogP contribution is 2.24. The first-order valence-electron chi connectivity index (χ1n) is 9.45. The van der Waals surface area contributed by atoms with E-state index in [2.05, 4.69) is 41.0 Å². The number of rotatable bonds is 5. The number of hydrogen-bond donors (Lipinski definition) is 2. The summed E-state index contributed by atoms with van der Waals surface area (Å²) in [5.74, 6) is -0.216. The molecule has 28 heavy (non-hydrogen) atoms. The Balaban J connectivity index is 1.82. The molecule has 1 aromatic carbocycles. The molecule has 2 aromatic heterocycles. The summed E-state index contributed by atoms with van der Waals surface area (Å²) in [4.78, 5) is 9.60. The lowest BCUT2D eigenvalue weighted by Gasteiger charge is -2.31. The number of pyridine rings is 1. The fourth-order valence-electron chi connectivity index (χ4n) is 3.28. The van der Waals surface area contributed by atoms with Crippen molar-refractivity contribution in [2.75, 3.05) is 6.54 Å². The molecule has 0 fully saturated rings. The minimum atomic E-state index is -0.216. The van der Waals surface area contributed by atoms with Crippen molar-refractivity contribution in [3.8, 4) is 0 Å². The van der Waals surface area contributed by atoms with Crippen LogP contribution in [0.25, 0.3) is 10.9 Å². The average molecular weight is 399 g/mol. The van der Waals surface area contributed by atoms with Crippen LogP contribution in [0.15, 0.2) is 42.7 Å². The summed E-state index contributed by atoms with van der Waals surface area (Å²) in [5.41, 5.74) is 4.19. The van der Waals surface area contributed by atoms with E-state index in [9.17, 15) is 4.39 Å². The molecule has 0 radical (unpaired) electrons. The van der Waals surface area contributed by atoms with Gasteiger partial charge in [0.1, 0.15) is 5.82 Å². The quantitative estimate of drug-likeness (QED) is 0.610. The lowest BCUT2D eigenvalue weighted by atomic mass is 10.1. The molecule has 0 bridgehead atoms. The second-order valence-corrected chi connectivity index (χ2v) is 8.51. The van der Waals surface area contributed by atoms with Crippen molar-refractivity contribution < 1.29 is 4.39 Å². The maximum atomic E-state index is 13.8. The Morgan fingerprint density at radius 2 is 1.93 bits per heavy atom. The Kier molecular flexibility index (Phi) is 5.98. The minimum absolute atomic E-state index is 0.118. The van der Waals surface area contributed by atoms with Crippen LogP contribution < -0.4 is 5.32 Å². The van der Waals surface area contributed by atoms with Crippen LogP contribution in [0.5, 0.6) is 0 Å². The number of aromatic amines is 1. The molecule has 3 aromatic rings. The van der Waals surface area contributed by atoms with Crippen LogP contribution in [-0.4, -0.2) is 32.1 Å². The Morgan fingerprint density at radius 3 is 2.61 bits per heavy atom. The predicted molar refractivity (Wildman–Crippen MR) is 117 cm³/mol. The van der Waals surface area contributed by atoms with E-state index in [-0.39, 0.29) is 11.4 Å². The standard InChI is InChI=1S/C22H27FN4S/c1-15-18(19-13-17(23)5-6-20(19)25-15)9-12-27(21(28)26-22(2,3)4)14-16-7-10-24-11-8-16/h5-8,10-11,13,25H,9,12,14H2,1-4H3,(H,26,28). The number of nitrogens with one attached hydrogen (secondary N) is 2. The summed E-state index contributed by atoms with van der Waals surface area (Å²) in [6.45, 7) is 9.74. The van der Waals surface area contributed by atoms with Gasteiger partial charge in [-0.2, -0.15) is 0 Å². The number of thiocarbonyl (C=S) groups is 1. The third kappa shape index (κ3) is 5.07. The number of benzene rings is 1. The molecule has 0 atom stereocenters. The van der Waals surface area contributed by atoms with Gasteiger partial charge in [0.25, 0.3) is 0 Å². The molecule has 0 spiro atoms. The van der Waals surface area contributed by atoms with E-state index in [0.717, 1.165) is 40.7 Å². The van der Waals surface area contributed by atoms with Gasteiger partial charge in [-0.25, -0.2) is 4.39 Å². The lowest BCUT2D eigenvalue weighted by molar-refractivity contribution is 0.385. The van der Waals surface area contributed by atoms with Gasteiger partial charge in [0.2, 0.25) is 0 Å². The zero-order chi connectivity index (χ0) is 20.3. The van der Waals surface area contributed by atoms with Crippen LogP contribution >= 0.6 is 12.2 Å². The summed E-state index contributed by atoms with van der Waals surface area (Å²) in [5, 5.41) is 5.06. The van der Waals surface area contributed by atoms with Crippen LogP contribution in [0, 0.1) is 12.7 Å².